The normalized spacial score (nSPS) is 11.8. The van der Waals surface area contributed by atoms with Crippen molar-refractivity contribution in [1.29, 1.82) is 0 Å². The molecule has 0 aromatic heterocycles. The lowest BCUT2D eigenvalue weighted by Crippen LogP contribution is -2.00. The third-order valence-electron chi connectivity index (χ3n) is 5.63. The highest BCUT2D eigenvalue weighted by molar-refractivity contribution is 7.41. The Balaban J connectivity index is 1.59. The quantitative estimate of drug-likeness (QED) is 0.289. The Labute approximate surface area is 191 Å². The summed E-state index contributed by atoms with van der Waals surface area (Å²) in [6.45, 7) is 4.58. The molecular weight excluding hydrogens is 415 g/mol. The monoisotopic (exact) mass is 442 g/mol. The van der Waals surface area contributed by atoms with Gasteiger partial charge in [-0.15, -0.1) is 0 Å². The molecule has 1 unspecified atom stereocenters. The van der Waals surface area contributed by atoms with Crippen molar-refractivity contribution in [2.75, 3.05) is 0 Å². The first-order valence-corrected chi connectivity index (χ1v) is 11.8. The van der Waals surface area contributed by atoms with Gasteiger partial charge >= 0.3 is 8.60 Å². The lowest BCUT2D eigenvalue weighted by atomic mass is 9.94. The van der Waals surface area contributed by atoms with E-state index in [1.54, 1.807) is 0 Å². The number of hydrogen-bond acceptors (Lipinski definition) is 3. The third-order valence-corrected chi connectivity index (χ3v) is 6.33. The predicted octanol–water partition coefficient (Wildman–Crippen LogP) is 7.38. The molecule has 0 fully saturated rings. The van der Waals surface area contributed by atoms with Gasteiger partial charge in [0.2, 0.25) is 0 Å². The van der Waals surface area contributed by atoms with Crippen LogP contribution < -0.4 is 4.52 Å². The second-order valence-electron chi connectivity index (χ2n) is 7.81. The fourth-order valence-electron chi connectivity index (χ4n) is 3.64. The van der Waals surface area contributed by atoms with Crippen LogP contribution >= 0.6 is 8.60 Å². The highest BCUT2D eigenvalue weighted by atomic mass is 31.2. The lowest BCUT2D eigenvalue weighted by Gasteiger charge is -2.17. The molecule has 0 bridgehead atoms. The maximum Gasteiger partial charge on any atom is 0.394 e. The largest absolute Gasteiger partial charge is 0.427 e. The molecule has 0 aliphatic rings. The molecule has 0 aliphatic carbocycles. The Morgan fingerprint density at radius 2 is 1.44 bits per heavy atom. The van der Waals surface area contributed by atoms with Crippen LogP contribution in [0.2, 0.25) is 0 Å². The molecular formula is C28H27O3P. The second kappa shape index (κ2) is 10.6. The zero-order chi connectivity index (χ0) is 22.3. The van der Waals surface area contributed by atoms with E-state index in [4.69, 9.17) is 9.05 Å². The predicted molar refractivity (Wildman–Crippen MR) is 132 cm³/mol. The molecule has 4 aromatic carbocycles. The first-order chi connectivity index (χ1) is 15.6. The molecule has 4 heteroatoms. The molecule has 4 aromatic rings. The zero-order valence-electron chi connectivity index (χ0n) is 18.4. The van der Waals surface area contributed by atoms with E-state index < -0.39 is 8.60 Å². The van der Waals surface area contributed by atoms with Gasteiger partial charge in [0.15, 0.2) is 0 Å². The van der Waals surface area contributed by atoms with Crippen molar-refractivity contribution in [2.24, 2.45) is 0 Å². The minimum absolute atomic E-state index is 0.303. The van der Waals surface area contributed by atoms with E-state index in [1.807, 2.05) is 60.7 Å². The second-order valence-corrected chi connectivity index (χ2v) is 8.73. The summed E-state index contributed by atoms with van der Waals surface area (Å²) in [6.07, 6.45) is 0.714. The molecule has 162 valence electrons. The molecule has 0 heterocycles. The van der Waals surface area contributed by atoms with E-state index in [9.17, 15) is 4.89 Å². The molecule has 3 nitrogen and oxygen atoms in total. The first-order valence-electron chi connectivity index (χ1n) is 10.7. The summed E-state index contributed by atoms with van der Waals surface area (Å²) in [5, 5.41) is 0. The van der Waals surface area contributed by atoms with Crippen LogP contribution in [0.5, 0.6) is 5.75 Å². The molecule has 32 heavy (non-hydrogen) atoms. The van der Waals surface area contributed by atoms with Crippen molar-refractivity contribution in [2.45, 2.75) is 26.9 Å². The minimum atomic E-state index is -2.05. The van der Waals surface area contributed by atoms with Gasteiger partial charge in [0.1, 0.15) is 5.75 Å². The van der Waals surface area contributed by atoms with E-state index in [2.05, 4.69) is 50.2 Å². The van der Waals surface area contributed by atoms with Crippen molar-refractivity contribution >= 4 is 8.60 Å². The average Bonchev–Trinajstić information content (AvgIpc) is 2.83. The van der Waals surface area contributed by atoms with Crippen molar-refractivity contribution in [1.82, 2.24) is 0 Å². The maximum absolute atomic E-state index is 10.5. The summed E-state index contributed by atoms with van der Waals surface area (Å²) in [7, 11) is -2.05. The Morgan fingerprint density at radius 1 is 0.719 bits per heavy atom. The summed E-state index contributed by atoms with van der Waals surface area (Å²) in [4.78, 5) is 10.5. The molecule has 0 spiro atoms. The lowest BCUT2D eigenvalue weighted by molar-refractivity contribution is 0.250. The van der Waals surface area contributed by atoms with Gasteiger partial charge in [-0.05, 0) is 64.9 Å². The van der Waals surface area contributed by atoms with Gasteiger partial charge in [0, 0.05) is 6.42 Å². The molecule has 0 saturated carbocycles. The summed E-state index contributed by atoms with van der Waals surface area (Å²) in [6, 6.07) is 32.5. The van der Waals surface area contributed by atoms with Crippen LogP contribution in [0.15, 0.2) is 97.1 Å². The summed E-state index contributed by atoms with van der Waals surface area (Å²) in [5.74, 6) is 0.646. The van der Waals surface area contributed by atoms with Gasteiger partial charge in [-0.2, -0.15) is 0 Å². The highest BCUT2D eigenvalue weighted by Crippen LogP contribution is 2.39. The van der Waals surface area contributed by atoms with E-state index in [1.165, 1.54) is 16.7 Å². The van der Waals surface area contributed by atoms with Gasteiger partial charge in [-0.1, -0.05) is 84.9 Å². The van der Waals surface area contributed by atoms with Crippen LogP contribution in [-0.2, 0) is 17.6 Å². The standard InChI is InChI=1S/C28H27O3P/c1-21-10-9-15-25(22(21)2)18-27-19-26(24-13-7-4-8-14-24)16-17-28(27)31-32(29)30-20-23-11-5-3-6-12-23/h3-17,19,29H,18,20H2,1-2H3. The zero-order valence-corrected chi connectivity index (χ0v) is 19.3. The molecule has 1 N–H and O–H groups in total. The highest BCUT2D eigenvalue weighted by Gasteiger charge is 2.15. The number of benzene rings is 4. The van der Waals surface area contributed by atoms with Crippen molar-refractivity contribution in [3.63, 3.8) is 0 Å². The molecule has 1 atom stereocenters. The fraction of sp³-hybridized carbons (Fsp3) is 0.143. The van der Waals surface area contributed by atoms with Crippen LogP contribution in [0.1, 0.15) is 27.8 Å². The van der Waals surface area contributed by atoms with E-state index >= 15 is 0 Å². The summed E-state index contributed by atoms with van der Waals surface area (Å²) >= 11 is 0. The van der Waals surface area contributed by atoms with Crippen molar-refractivity contribution in [3.05, 3.63) is 125 Å². The maximum atomic E-state index is 10.5. The van der Waals surface area contributed by atoms with E-state index in [-0.39, 0.29) is 0 Å². The van der Waals surface area contributed by atoms with Crippen LogP contribution in [0.4, 0.5) is 0 Å². The smallest absolute Gasteiger partial charge is 0.394 e. The molecule has 4 rings (SSSR count). The van der Waals surface area contributed by atoms with Gasteiger partial charge in [0.05, 0.1) is 6.61 Å². The van der Waals surface area contributed by atoms with E-state index in [0.717, 1.165) is 22.3 Å². The summed E-state index contributed by atoms with van der Waals surface area (Å²) in [5.41, 5.74) is 8.05. The van der Waals surface area contributed by atoms with Crippen molar-refractivity contribution in [3.8, 4) is 16.9 Å². The van der Waals surface area contributed by atoms with Crippen LogP contribution in [0, 0.1) is 13.8 Å². The fourth-order valence-corrected chi connectivity index (χ4v) is 4.30. The van der Waals surface area contributed by atoms with E-state index in [0.29, 0.717) is 18.8 Å². The Morgan fingerprint density at radius 3 is 2.19 bits per heavy atom. The number of rotatable bonds is 8. The van der Waals surface area contributed by atoms with Crippen LogP contribution in [0.25, 0.3) is 11.1 Å². The molecule has 0 saturated heterocycles. The van der Waals surface area contributed by atoms with Crippen LogP contribution in [0.3, 0.4) is 0 Å². The Hall–Kier alpha value is -2.97. The Kier molecular flexibility index (Phi) is 7.34. The number of aryl methyl sites for hydroxylation is 1. The van der Waals surface area contributed by atoms with Gasteiger partial charge < -0.3 is 9.42 Å². The average molecular weight is 442 g/mol. The molecule has 0 radical (unpaired) electrons. The summed E-state index contributed by atoms with van der Waals surface area (Å²) < 4.78 is 11.5. The SMILES string of the molecule is Cc1cccc(Cc2cc(-c3ccccc3)ccc2OP(O)OCc2ccccc2)c1C. The Bertz CT molecular complexity index is 1160. The number of hydrogen-bond donors (Lipinski definition) is 1. The van der Waals surface area contributed by atoms with Gasteiger partial charge in [-0.3, -0.25) is 4.52 Å². The molecule has 0 amide bonds. The van der Waals surface area contributed by atoms with Gasteiger partial charge in [-0.25, -0.2) is 0 Å². The van der Waals surface area contributed by atoms with Gasteiger partial charge in [0.25, 0.3) is 0 Å². The van der Waals surface area contributed by atoms with Crippen LogP contribution in [-0.4, -0.2) is 4.89 Å². The molecule has 0 aliphatic heterocycles. The first kappa shape index (κ1) is 22.2. The third kappa shape index (κ3) is 5.63. The minimum Gasteiger partial charge on any atom is -0.427 e. The van der Waals surface area contributed by atoms with Crippen molar-refractivity contribution < 1.29 is 13.9 Å². The topological polar surface area (TPSA) is 38.7 Å².